The predicted molar refractivity (Wildman–Crippen MR) is 41.5 cm³/mol. The van der Waals surface area contributed by atoms with Gasteiger partial charge in [0.15, 0.2) is 0 Å². The molecule has 0 unspecified atom stereocenters. The first-order valence-corrected chi connectivity index (χ1v) is 3.68. The van der Waals surface area contributed by atoms with Crippen molar-refractivity contribution in [3.05, 3.63) is 0 Å². The van der Waals surface area contributed by atoms with Crippen LogP contribution in [0.4, 0.5) is 0 Å². The van der Waals surface area contributed by atoms with Crippen LogP contribution in [0.3, 0.4) is 0 Å². The second-order valence-corrected chi connectivity index (χ2v) is 3.75. The van der Waals surface area contributed by atoms with E-state index in [4.69, 9.17) is 4.74 Å². The zero-order chi connectivity index (χ0) is 7.61. The molecular formula is C9H14O. The van der Waals surface area contributed by atoms with E-state index in [0.717, 1.165) is 13.2 Å². The van der Waals surface area contributed by atoms with E-state index in [1.165, 1.54) is 0 Å². The van der Waals surface area contributed by atoms with Crippen molar-refractivity contribution in [1.29, 1.82) is 0 Å². The summed E-state index contributed by atoms with van der Waals surface area (Å²) in [5.41, 5.74) is 0.148. The lowest BCUT2D eigenvalue weighted by Gasteiger charge is -2.21. The molecule has 0 radical (unpaired) electrons. The minimum Gasteiger partial charge on any atom is -0.379 e. The van der Waals surface area contributed by atoms with Gasteiger partial charge in [-0.05, 0) is 20.8 Å². The van der Waals surface area contributed by atoms with Gasteiger partial charge in [-0.25, -0.2) is 0 Å². The van der Waals surface area contributed by atoms with Crippen LogP contribution in [-0.2, 0) is 4.74 Å². The largest absolute Gasteiger partial charge is 0.379 e. The van der Waals surface area contributed by atoms with Gasteiger partial charge < -0.3 is 4.74 Å². The van der Waals surface area contributed by atoms with Gasteiger partial charge in [0.25, 0.3) is 0 Å². The first kappa shape index (κ1) is 7.63. The van der Waals surface area contributed by atoms with Crippen LogP contribution < -0.4 is 0 Å². The Kier molecular flexibility index (Phi) is 2.01. The Morgan fingerprint density at radius 2 is 1.90 bits per heavy atom. The topological polar surface area (TPSA) is 9.23 Å². The van der Waals surface area contributed by atoms with Crippen molar-refractivity contribution < 1.29 is 4.74 Å². The average Bonchev–Trinajstić information content (AvgIpc) is 1.56. The maximum absolute atomic E-state index is 5.00. The van der Waals surface area contributed by atoms with Crippen molar-refractivity contribution >= 4 is 0 Å². The molecule has 0 aromatic heterocycles. The van der Waals surface area contributed by atoms with E-state index < -0.39 is 0 Å². The minimum atomic E-state index is 0.148. The highest BCUT2D eigenvalue weighted by molar-refractivity contribution is 5.11. The van der Waals surface area contributed by atoms with Gasteiger partial charge >= 0.3 is 0 Å². The molecule has 1 heteroatoms. The maximum atomic E-state index is 5.00. The molecule has 1 nitrogen and oxygen atoms in total. The third-order valence-electron chi connectivity index (χ3n) is 1.29. The second-order valence-electron chi connectivity index (χ2n) is 3.75. The summed E-state index contributed by atoms with van der Waals surface area (Å²) < 4.78 is 5.00. The summed E-state index contributed by atoms with van der Waals surface area (Å²) in [6.45, 7) is 8.05. The highest BCUT2D eigenvalue weighted by atomic mass is 16.5. The molecule has 0 N–H and O–H groups in total. The zero-order valence-electron chi connectivity index (χ0n) is 6.90. The van der Waals surface area contributed by atoms with Crippen molar-refractivity contribution in [3.63, 3.8) is 0 Å². The van der Waals surface area contributed by atoms with Crippen LogP contribution in [0.25, 0.3) is 0 Å². The average molecular weight is 138 g/mol. The lowest BCUT2D eigenvalue weighted by Crippen LogP contribution is -2.26. The van der Waals surface area contributed by atoms with Crippen LogP contribution in [0.5, 0.6) is 0 Å². The van der Waals surface area contributed by atoms with Crippen molar-refractivity contribution in [1.82, 2.24) is 0 Å². The monoisotopic (exact) mass is 138 g/mol. The van der Waals surface area contributed by atoms with Crippen molar-refractivity contribution in [2.75, 3.05) is 13.2 Å². The fourth-order valence-corrected chi connectivity index (χ4v) is 0.638. The van der Waals surface area contributed by atoms with Gasteiger partial charge in [-0.2, -0.15) is 0 Å². The highest BCUT2D eigenvalue weighted by Gasteiger charge is 2.15. The Hall–Kier alpha value is -0.480. The molecule has 0 aromatic carbocycles. The summed E-state index contributed by atoms with van der Waals surface area (Å²) in [7, 11) is 0. The van der Waals surface area contributed by atoms with Gasteiger partial charge in [0.1, 0.15) is 0 Å². The van der Waals surface area contributed by atoms with Crippen molar-refractivity contribution in [2.45, 2.75) is 20.8 Å². The maximum Gasteiger partial charge on any atom is 0.0670 e. The van der Waals surface area contributed by atoms with Gasteiger partial charge in [0.2, 0.25) is 0 Å². The van der Waals surface area contributed by atoms with E-state index in [1.807, 2.05) is 0 Å². The second kappa shape index (κ2) is 2.64. The molecule has 0 bridgehead atoms. The first-order chi connectivity index (χ1) is 4.58. The van der Waals surface area contributed by atoms with Crippen molar-refractivity contribution in [2.24, 2.45) is 11.3 Å². The fraction of sp³-hybridized carbons (Fsp3) is 0.778. The molecule has 1 saturated heterocycles. The van der Waals surface area contributed by atoms with E-state index in [-0.39, 0.29) is 5.41 Å². The van der Waals surface area contributed by atoms with Crippen LogP contribution in [0.15, 0.2) is 0 Å². The number of hydrogen-bond donors (Lipinski definition) is 0. The molecule has 0 aromatic rings. The van der Waals surface area contributed by atoms with E-state index >= 15 is 0 Å². The van der Waals surface area contributed by atoms with E-state index in [1.54, 1.807) is 0 Å². The van der Waals surface area contributed by atoms with E-state index in [9.17, 15) is 0 Å². The summed E-state index contributed by atoms with van der Waals surface area (Å²) in [5.74, 6) is 6.89. The molecule has 1 fully saturated rings. The van der Waals surface area contributed by atoms with Gasteiger partial charge in [-0.1, -0.05) is 11.8 Å². The predicted octanol–water partition coefficient (Wildman–Crippen LogP) is 1.68. The summed E-state index contributed by atoms with van der Waals surface area (Å²) in [4.78, 5) is 0. The first-order valence-electron chi connectivity index (χ1n) is 3.68. The standard InChI is InChI=1S/C9H14O/c1-9(2,3)5-4-8-6-10-7-8/h8H,6-7H2,1-3H3. The minimum absolute atomic E-state index is 0.148. The SMILES string of the molecule is CC(C)(C)C#CC1COC1. The Balaban J connectivity index is 2.37. The Bertz CT molecular complexity index is 161. The molecule has 0 amide bonds. The highest BCUT2D eigenvalue weighted by Crippen LogP contribution is 2.13. The van der Waals surface area contributed by atoms with E-state index in [0.29, 0.717) is 5.92 Å². The van der Waals surface area contributed by atoms with Crippen LogP contribution in [0.2, 0.25) is 0 Å². The van der Waals surface area contributed by atoms with Gasteiger partial charge in [0, 0.05) is 5.41 Å². The third-order valence-corrected chi connectivity index (χ3v) is 1.29. The number of hydrogen-bond acceptors (Lipinski definition) is 1. The third kappa shape index (κ3) is 2.41. The summed E-state index contributed by atoms with van der Waals surface area (Å²) in [6, 6.07) is 0. The molecule has 1 rings (SSSR count). The molecule has 1 aliphatic rings. The normalized spacial score (nSPS) is 19.1. The molecule has 0 saturated carbocycles. The molecule has 56 valence electrons. The Labute approximate surface area is 62.8 Å². The lowest BCUT2D eigenvalue weighted by atomic mass is 9.96. The number of ether oxygens (including phenoxy) is 1. The zero-order valence-corrected chi connectivity index (χ0v) is 6.90. The molecular weight excluding hydrogens is 124 g/mol. The van der Waals surface area contributed by atoms with Crippen LogP contribution in [0, 0.1) is 23.2 Å². The smallest absolute Gasteiger partial charge is 0.0670 e. The quantitative estimate of drug-likeness (QED) is 0.463. The van der Waals surface area contributed by atoms with Crippen LogP contribution in [0.1, 0.15) is 20.8 Å². The van der Waals surface area contributed by atoms with Gasteiger partial charge in [-0.15, -0.1) is 0 Å². The molecule has 1 aliphatic heterocycles. The van der Waals surface area contributed by atoms with Gasteiger partial charge in [-0.3, -0.25) is 0 Å². The van der Waals surface area contributed by atoms with E-state index in [2.05, 4.69) is 32.6 Å². The number of rotatable bonds is 0. The summed E-state index contributed by atoms with van der Waals surface area (Å²) in [6.07, 6.45) is 0. The summed E-state index contributed by atoms with van der Waals surface area (Å²) in [5, 5.41) is 0. The van der Waals surface area contributed by atoms with Crippen LogP contribution >= 0.6 is 0 Å². The van der Waals surface area contributed by atoms with Crippen molar-refractivity contribution in [3.8, 4) is 11.8 Å². The molecule has 0 aliphatic carbocycles. The molecule has 10 heavy (non-hydrogen) atoms. The van der Waals surface area contributed by atoms with Gasteiger partial charge in [0.05, 0.1) is 19.1 Å². The summed E-state index contributed by atoms with van der Waals surface area (Å²) >= 11 is 0. The lowest BCUT2D eigenvalue weighted by molar-refractivity contribution is -0.00313. The fourth-order valence-electron chi connectivity index (χ4n) is 0.638. The molecule has 0 atom stereocenters. The molecule has 0 spiro atoms. The Morgan fingerprint density at radius 1 is 1.30 bits per heavy atom. The van der Waals surface area contributed by atoms with Crippen LogP contribution in [-0.4, -0.2) is 13.2 Å². The molecule has 1 heterocycles. The Morgan fingerprint density at radius 3 is 2.20 bits per heavy atom.